The number of anilines is 3. The molecule has 5 N–H and O–H groups in total. The van der Waals surface area contributed by atoms with Crippen LogP contribution in [0.4, 0.5) is 17.3 Å². The van der Waals surface area contributed by atoms with Crippen LogP contribution in [0.1, 0.15) is 83.7 Å². The summed E-state index contributed by atoms with van der Waals surface area (Å²) in [5.41, 5.74) is 5.50. The van der Waals surface area contributed by atoms with Crippen molar-refractivity contribution in [3.8, 4) is 16.3 Å². The van der Waals surface area contributed by atoms with Gasteiger partial charge in [-0.2, -0.15) is 4.98 Å². The molecule has 4 fully saturated rings. The van der Waals surface area contributed by atoms with E-state index in [2.05, 4.69) is 64.3 Å². The van der Waals surface area contributed by atoms with E-state index in [-0.39, 0.29) is 55.3 Å². The summed E-state index contributed by atoms with van der Waals surface area (Å²) in [6, 6.07) is 20.7. The molecular formula is C58H73N13O6S. The summed E-state index contributed by atoms with van der Waals surface area (Å²) in [5, 5.41) is 31.1. The summed E-state index contributed by atoms with van der Waals surface area (Å²) in [7, 11) is 0. The molecule has 2 aromatic carbocycles. The molecule has 3 atom stereocenters. The van der Waals surface area contributed by atoms with Gasteiger partial charge in [-0.15, -0.1) is 17.9 Å². The Morgan fingerprint density at radius 2 is 1.56 bits per heavy atom. The highest BCUT2D eigenvalue weighted by molar-refractivity contribution is 7.13. The number of allylic oxidation sites excluding steroid dienone is 1. The van der Waals surface area contributed by atoms with E-state index in [1.54, 1.807) is 54.1 Å². The van der Waals surface area contributed by atoms with Crippen LogP contribution < -0.4 is 26.4 Å². The lowest BCUT2D eigenvalue weighted by Crippen LogP contribution is -2.60. The average molecular weight is 1080 g/mol. The summed E-state index contributed by atoms with van der Waals surface area (Å²) < 4.78 is 3.15. The summed E-state index contributed by atoms with van der Waals surface area (Å²) in [6.45, 7) is 21.2. The average Bonchev–Trinajstić information content (AvgIpc) is 4.16. The SMILES string of the molecule is C=CCn1c(=O)c2cnc(Nc3ccc(N4CCN(C5CCN(C6CC(C(=O)N[C@H](C(=O)N7CC(O)CC7C(=O)NCc7ccc(-c8scnc8C)cc7)C(C)(C)C)C6)CC5)CC4)cc3)nc2n1-c1cccc(C(C)(C)O)n1. The van der Waals surface area contributed by atoms with Crippen molar-refractivity contribution >= 4 is 57.4 Å². The first-order valence-corrected chi connectivity index (χ1v) is 28.2. The Kier molecular flexibility index (Phi) is 15.7. The van der Waals surface area contributed by atoms with Gasteiger partial charge in [0.1, 0.15) is 23.1 Å². The van der Waals surface area contributed by atoms with E-state index in [4.69, 9.17) is 4.98 Å². The van der Waals surface area contributed by atoms with Crippen molar-refractivity contribution < 1.29 is 24.6 Å². The van der Waals surface area contributed by atoms with Gasteiger partial charge in [0.25, 0.3) is 5.56 Å². The number of likely N-dealkylation sites (tertiary alicyclic amines) is 2. The van der Waals surface area contributed by atoms with Crippen molar-refractivity contribution in [1.29, 1.82) is 0 Å². The van der Waals surface area contributed by atoms with Crippen LogP contribution in [0, 0.1) is 18.3 Å². The van der Waals surface area contributed by atoms with Gasteiger partial charge in [-0.3, -0.25) is 24.1 Å². The molecule has 20 heteroatoms. The fourth-order valence-corrected chi connectivity index (χ4v) is 12.3. The molecule has 6 aromatic rings. The fourth-order valence-electron chi connectivity index (χ4n) is 11.5. The summed E-state index contributed by atoms with van der Waals surface area (Å²) in [5.74, 6) is -0.223. The van der Waals surface area contributed by atoms with Crippen molar-refractivity contribution in [1.82, 2.24) is 54.6 Å². The molecule has 19 nitrogen and oxygen atoms in total. The van der Waals surface area contributed by atoms with Crippen molar-refractivity contribution in [3.05, 3.63) is 118 Å². The number of piperidine rings is 1. The quantitative estimate of drug-likeness (QED) is 0.0731. The third kappa shape index (κ3) is 11.6. The predicted octanol–water partition coefficient (Wildman–Crippen LogP) is 5.74. The van der Waals surface area contributed by atoms with Crippen LogP contribution in [0.2, 0.25) is 0 Å². The third-order valence-corrected chi connectivity index (χ3v) is 17.0. The Morgan fingerprint density at radius 3 is 2.22 bits per heavy atom. The van der Waals surface area contributed by atoms with Gasteiger partial charge in [0.2, 0.25) is 23.7 Å². The largest absolute Gasteiger partial charge is 0.391 e. The van der Waals surface area contributed by atoms with Crippen LogP contribution in [0.15, 0.2) is 95.9 Å². The maximum Gasteiger partial charge on any atom is 0.278 e. The number of piperazine rings is 1. The number of thiazole rings is 1. The molecule has 7 heterocycles. The number of aliphatic hydroxyl groups is 2. The second kappa shape index (κ2) is 22.5. The van der Waals surface area contributed by atoms with E-state index in [9.17, 15) is 29.4 Å². The lowest BCUT2D eigenvalue weighted by atomic mass is 9.77. The highest BCUT2D eigenvalue weighted by atomic mass is 32.1. The Balaban J connectivity index is 0.673. The number of carbonyl (C=O) groups is 3. The number of β-amino-alcohol motifs (C(OH)–C–C–N with tert-alkyl or cyclic N) is 1. The molecule has 2 unspecified atom stereocenters. The first-order valence-electron chi connectivity index (χ1n) is 27.3. The van der Waals surface area contributed by atoms with E-state index in [1.807, 2.05) is 69.6 Å². The van der Waals surface area contributed by atoms with Gasteiger partial charge in [0.15, 0.2) is 11.5 Å². The zero-order chi connectivity index (χ0) is 55.0. The molecule has 3 saturated heterocycles. The lowest BCUT2D eigenvalue weighted by molar-refractivity contribution is -0.145. The number of aromatic nitrogens is 6. The number of nitrogens with zero attached hydrogens (tertiary/aromatic N) is 10. The maximum atomic E-state index is 14.3. The van der Waals surface area contributed by atoms with E-state index in [1.165, 1.54) is 15.8 Å². The number of amides is 3. The monoisotopic (exact) mass is 1080 g/mol. The molecule has 1 saturated carbocycles. The number of aryl methyl sites for hydroxylation is 1. The summed E-state index contributed by atoms with van der Waals surface area (Å²) in [6.07, 6.45) is 6.12. The van der Waals surface area contributed by atoms with Gasteiger partial charge in [0.05, 0.1) is 34.4 Å². The number of aliphatic hydroxyl groups excluding tert-OH is 1. The van der Waals surface area contributed by atoms with Crippen LogP contribution in [-0.4, -0.2) is 148 Å². The van der Waals surface area contributed by atoms with Gasteiger partial charge in [0, 0.05) is 81.3 Å². The fraction of sp³-hybridized carbons (Fsp3) is 0.483. The molecule has 412 valence electrons. The van der Waals surface area contributed by atoms with E-state index in [0.29, 0.717) is 40.6 Å². The third-order valence-electron chi connectivity index (χ3n) is 16.1. The molecule has 3 amide bonds. The first-order chi connectivity index (χ1) is 37.3. The number of pyridine rings is 1. The molecule has 0 bridgehead atoms. The maximum absolute atomic E-state index is 14.3. The molecule has 1 aliphatic carbocycles. The molecule has 4 aliphatic rings. The minimum Gasteiger partial charge on any atom is -0.391 e. The van der Waals surface area contributed by atoms with Gasteiger partial charge in [-0.25, -0.2) is 24.3 Å². The van der Waals surface area contributed by atoms with Gasteiger partial charge >= 0.3 is 0 Å². The lowest BCUT2D eigenvalue weighted by Gasteiger charge is -2.48. The molecule has 10 rings (SSSR count). The van der Waals surface area contributed by atoms with Crippen LogP contribution in [0.3, 0.4) is 0 Å². The normalized spacial score (nSPS) is 21.1. The van der Waals surface area contributed by atoms with Crippen LogP contribution >= 0.6 is 11.3 Å². The van der Waals surface area contributed by atoms with Crippen LogP contribution in [0.25, 0.3) is 27.3 Å². The first kappa shape index (κ1) is 54.5. The zero-order valence-corrected chi connectivity index (χ0v) is 46.4. The Hall–Kier alpha value is -6.84. The van der Waals surface area contributed by atoms with Crippen molar-refractivity contribution in [3.63, 3.8) is 0 Å². The topological polar surface area (TPSA) is 219 Å². The van der Waals surface area contributed by atoms with Crippen molar-refractivity contribution in [2.75, 3.05) is 56.0 Å². The standard InChI is InChI=1S/C58H73N13O6S/c1-8-22-70-54(75)45-33-60-56(65-51(45)71(70)48-11-9-10-47(63-48)58(6,7)77)62-40-16-18-41(19-17-40)67-25-27-68(28-26-67)42-20-23-66(24-21-42)43-29-39(30-43)52(73)64-50(57(3,4)5)55(76)69-34-44(72)31-46(69)53(74)59-32-37-12-14-38(15-13-37)49-36(2)61-35-78-49/h8-19,33,35,39,42-44,46,50,72,77H,1,20-32,34H2,2-7H3,(H,59,74)(H,64,73)(H,60,62,65)/t39?,43?,44?,46?,50-/m1/s1. The minimum absolute atomic E-state index is 0.0333. The number of fused-ring (bicyclic) bond motifs is 1. The van der Waals surface area contributed by atoms with Gasteiger partial charge < -0.3 is 40.9 Å². The highest BCUT2D eigenvalue weighted by Gasteiger charge is 2.47. The number of nitrogens with one attached hydrogen (secondary N) is 3. The van der Waals surface area contributed by atoms with Gasteiger partial charge in [-0.05, 0) is 112 Å². The second-order valence-corrected chi connectivity index (χ2v) is 23.9. The zero-order valence-electron chi connectivity index (χ0n) is 45.6. The van der Waals surface area contributed by atoms with Crippen molar-refractivity contribution in [2.24, 2.45) is 11.3 Å². The molecule has 4 aromatic heterocycles. The number of carbonyl (C=O) groups excluding carboxylic acids is 3. The molecule has 78 heavy (non-hydrogen) atoms. The smallest absolute Gasteiger partial charge is 0.278 e. The second-order valence-electron chi connectivity index (χ2n) is 23.0. The summed E-state index contributed by atoms with van der Waals surface area (Å²) in [4.78, 5) is 83.7. The number of hydrogen-bond acceptors (Lipinski definition) is 15. The highest BCUT2D eigenvalue weighted by Crippen LogP contribution is 2.36. The van der Waals surface area contributed by atoms with E-state index >= 15 is 0 Å². The van der Waals surface area contributed by atoms with E-state index < -0.39 is 29.2 Å². The van der Waals surface area contributed by atoms with Crippen LogP contribution in [-0.2, 0) is 33.1 Å². The Labute approximate surface area is 459 Å². The molecule has 0 spiro atoms. The molecular weight excluding hydrogens is 1010 g/mol. The number of benzene rings is 2. The van der Waals surface area contributed by atoms with Gasteiger partial charge in [-0.1, -0.05) is 57.2 Å². The van der Waals surface area contributed by atoms with Crippen LogP contribution in [0.5, 0.6) is 0 Å². The minimum atomic E-state index is -1.18. The molecule has 0 radical (unpaired) electrons. The number of hydrogen-bond donors (Lipinski definition) is 5. The Bertz CT molecular complexity index is 3190. The number of rotatable bonds is 16. The molecule has 3 aliphatic heterocycles. The Morgan fingerprint density at radius 1 is 0.859 bits per heavy atom. The predicted molar refractivity (Wildman–Crippen MR) is 303 cm³/mol. The van der Waals surface area contributed by atoms with Crippen molar-refractivity contribution in [2.45, 2.75) is 123 Å². The summed E-state index contributed by atoms with van der Waals surface area (Å²) >= 11 is 1.59. The van der Waals surface area contributed by atoms with E-state index in [0.717, 1.165) is 98.0 Å².